The van der Waals surface area contributed by atoms with E-state index >= 15 is 0 Å². The normalized spacial score (nSPS) is 23.1. The summed E-state index contributed by atoms with van der Waals surface area (Å²) < 4.78 is 12.5. The second-order valence-corrected chi connectivity index (χ2v) is 8.83. The summed E-state index contributed by atoms with van der Waals surface area (Å²) in [6.07, 6.45) is 1.27. The number of nitrogens with zero attached hydrogens (tertiary/aromatic N) is 1. The third-order valence-corrected chi connectivity index (χ3v) is 5.43. The number of ether oxygens (including phenoxy) is 2. The molecule has 1 aliphatic heterocycles. The van der Waals surface area contributed by atoms with Crippen molar-refractivity contribution in [3.63, 3.8) is 0 Å². The molecule has 152 valence electrons. The van der Waals surface area contributed by atoms with Crippen molar-refractivity contribution in [3.05, 3.63) is 71.8 Å². The van der Waals surface area contributed by atoms with E-state index < -0.39 is 5.79 Å². The minimum Gasteiger partial charge on any atom is -0.347 e. The van der Waals surface area contributed by atoms with Crippen LogP contribution in [0.4, 0.5) is 0 Å². The van der Waals surface area contributed by atoms with Gasteiger partial charge in [-0.25, -0.2) is 0 Å². The van der Waals surface area contributed by atoms with E-state index in [0.717, 1.165) is 19.5 Å². The molecule has 0 radical (unpaired) electrons. The molecule has 0 unspecified atom stereocenters. The number of benzene rings is 2. The zero-order valence-corrected chi connectivity index (χ0v) is 18.0. The zero-order chi connectivity index (χ0) is 20.1. The van der Waals surface area contributed by atoms with Crippen LogP contribution in [0.3, 0.4) is 0 Å². The highest BCUT2D eigenvalue weighted by atomic mass is 16.7. The molecule has 0 saturated carbocycles. The lowest BCUT2D eigenvalue weighted by Gasteiger charge is -2.47. The topological polar surface area (TPSA) is 21.7 Å². The van der Waals surface area contributed by atoms with E-state index in [-0.39, 0.29) is 12.2 Å². The Morgan fingerprint density at radius 3 is 1.82 bits per heavy atom. The van der Waals surface area contributed by atoms with Crippen molar-refractivity contribution in [2.75, 3.05) is 0 Å². The summed E-state index contributed by atoms with van der Waals surface area (Å²) in [5, 5.41) is 0. The molecular formula is C25H35NO2. The molecule has 0 aromatic heterocycles. The zero-order valence-electron chi connectivity index (χ0n) is 18.0. The largest absolute Gasteiger partial charge is 0.347 e. The van der Waals surface area contributed by atoms with Crippen LogP contribution in [0.2, 0.25) is 0 Å². The first-order valence-electron chi connectivity index (χ1n) is 10.5. The molecular weight excluding hydrogens is 346 g/mol. The summed E-state index contributed by atoms with van der Waals surface area (Å²) in [6.45, 7) is 12.7. The summed E-state index contributed by atoms with van der Waals surface area (Å²) >= 11 is 0. The van der Waals surface area contributed by atoms with Crippen LogP contribution in [-0.4, -0.2) is 28.9 Å². The van der Waals surface area contributed by atoms with E-state index in [1.165, 1.54) is 11.1 Å². The Hall–Kier alpha value is -1.68. The van der Waals surface area contributed by atoms with Gasteiger partial charge < -0.3 is 9.47 Å². The summed E-state index contributed by atoms with van der Waals surface area (Å²) in [5.41, 5.74) is 2.67. The van der Waals surface area contributed by atoms with Crippen LogP contribution in [0.1, 0.15) is 52.2 Å². The summed E-state index contributed by atoms with van der Waals surface area (Å²) in [5.74, 6) is -0.0702. The molecule has 1 heterocycles. The minimum atomic E-state index is -0.541. The van der Waals surface area contributed by atoms with E-state index in [4.69, 9.17) is 9.47 Å². The molecule has 0 aliphatic carbocycles. The van der Waals surface area contributed by atoms with Gasteiger partial charge in [-0.1, -0.05) is 74.5 Å². The van der Waals surface area contributed by atoms with Gasteiger partial charge in [-0.15, -0.1) is 0 Å². The lowest BCUT2D eigenvalue weighted by Crippen LogP contribution is -2.54. The minimum absolute atomic E-state index is 0.145. The third-order valence-electron chi connectivity index (χ3n) is 5.43. The Morgan fingerprint density at radius 2 is 1.39 bits per heavy atom. The molecule has 1 aliphatic rings. The fourth-order valence-corrected chi connectivity index (χ4v) is 4.50. The molecule has 3 rings (SSSR count). The van der Waals surface area contributed by atoms with E-state index in [2.05, 4.69) is 86.3 Å². The second kappa shape index (κ2) is 9.21. The predicted molar refractivity (Wildman–Crippen MR) is 115 cm³/mol. The van der Waals surface area contributed by atoms with E-state index in [0.29, 0.717) is 12.0 Å². The molecule has 3 heteroatoms. The van der Waals surface area contributed by atoms with Crippen molar-refractivity contribution in [1.29, 1.82) is 0 Å². The van der Waals surface area contributed by atoms with E-state index in [1.807, 2.05) is 13.8 Å². The van der Waals surface area contributed by atoms with Crippen LogP contribution in [0.15, 0.2) is 60.7 Å². The standard InChI is InChI=1S/C25H35NO2/c1-19(2)24(23-16-20(3)27-25(4,5)28-23)26(17-21-12-8-6-9-13-21)18-22-14-10-7-11-15-22/h6-15,19-20,23-24H,16-18H2,1-5H3/t20-,23+,24-/m0/s1. The molecule has 0 bridgehead atoms. The Bertz CT molecular complexity index is 672. The van der Waals surface area contributed by atoms with Crippen LogP contribution >= 0.6 is 0 Å². The Labute approximate surface area is 170 Å². The number of rotatable bonds is 7. The molecule has 3 nitrogen and oxygen atoms in total. The maximum Gasteiger partial charge on any atom is 0.163 e. The molecule has 2 aromatic carbocycles. The number of hydrogen-bond acceptors (Lipinski definition) is 3. The smallest absolute Gasteiger partial charge is 0.163 e. The van der Waals surface area contributed by atoms with Gasteiger partial charge in [0.1, 0.15) is 0 Å². The molecule has 28 heavy (non-hydrogen) atoms. The third kappa shape index (κ3) is 5.66. The van der Waals surface area contributed by atoms with Crippen molar-refractivity contribution in [2.45, 2.75) is 78.2 Å². The van der Waals surface area contributed by atoms with Crippen molar-refractivity contribution >= 4 is 0 Å². The highest BCUT2D eigenvalue weighted by Crippen LogP contribution is 2.33. The fourth-order valence-electron chi connectivity index (χ4n) is 4.50. The van der Waals surface area contributed by atoms with Gasteiger partial charge in [0.15, 0.2) is 5.79 Å². The highest BCUT2D eigenvalue weighted by Gasteiger charge is 2.40. The van der Waals surface area contributed by atoms with Gasteiger partial charge in [0, 0.05) is 25.6 Å². The van der Waals surface area contributed by atoms with Crippen LogP contribution in [0.5, 0.6) is 0 Å². The summed E-state index contributed by atoms with van der Waals surface area (Å²) in [4.78, 5) is 2.59. The summed E-state index contributed by atoms with van der Waals surface area (Å²) in [6, 6.07) is 21.8. The van der Waals surface area contributed by atoms with Gasteiger partial charge in [-0.2, -0.15) is 0 Å². The highest BCUT2D eigenvalue weighted by molar-refractivity contribution is 5.17. The molecule has 0 amide bonds. The second-order valence-electron chi connectivity index (χ2n) is 8.83. The monoisotopic (exact) mass is 381 g/mol. The van der Waals surface area contributed by atoms with Gasteiger partial charge in [-0.3, -0.25) is 4.90 Å². The predicted octanol–water partition coefficient (Wildman–Crippen LogP) is 5.64. The first-order chi connectivity index (χ1) is 13.3. The average molecular weight is 382 g/mol. The van der Waals surface area contributed by atoms with Gasteiger partial charge in [0.25, 0.3) is 0 Å². The van der Waals surface area contributed by atoms with Gasteiger partial charge >= 0.3 is 0 Å². The number of hydrogen-bond donors (Lipinski definition) is 0. The first-order valence-corrected chi connectivity index (χ1v) is 10.5. The maximum atomic E-state index is 6.46. The lowest BCUT2D eigenvalue weighted by atomic mass is 9.91. The van der Waals surface area contributed by atoms with Gasteiger partial charge in [0.2, 0.25) is 0 Å². The molecule has 2 aromatic rings. The quantitative estimate of drug-likeness (QED) is 0.619. The van der Waals surface area contributed by atoms with Crippen molar-refractivity contribution in [3.8, 4) is 0 Å². The summed E-state index contributed by atoms with van der Waals surface area (Å²) in [7, 11) is 0. The SMILES string of the molecule is CC(C)[C@@H]([C@H]1C[C@H](C)OC(C)(C)O1)N(Cc1ccccc1)Cc1ccccc1. The first kappa shape index (κ1) is 21.0. The Balaban J connectivity index is 1.89. The average Bonchev–Trinajstić information content (AvgIpc) is 2.61. The van der Waals surface area contributed by atoms with Crippen molar-refractivity contribution in [2.24, 2.45) is 5.92 Å². The molecule has 1 fully saturated rings. The van der Waals surface area contributed by atoms with Crippen LogP contribution < -0.4 is 0 Å². The van der Waals surface area contributed by atoms with Crippen molar-refractivity contribution in [1.82, 2.24) is 4.90 Å². The van der Waals surface area contributed by atoms with Gasteiger partial charge in [0.05, 0.1) is 12.2 Å². The molecule has 0 spiro atoms. The molecule has 0 N–H and O–H groups in total. The molecule has 1 saturated heterocycles. The van der Waals surface area contributed by atoms with Crippen LogP contribution in [-0.2, 0) is 22.6 Å². The van der Waals surface area contributed by atoms with Crippen LogP contribution in [0.25, 0.3) is 0 Å². The van der Waals surface area contributed by atoms with Gasteiger partial charge in [-0.05, 0) is 37.8 Å². The Morgan fingerprint density at radius 1 is 0.893 bits per heavy atom. The lowest BCUT2D eigenvalue weighted by molar-refractivity contribution is -0.307. The van der Waals surface area contributed by atoms with Crippen molar-refractivity contribution < 1.29 is 9.47 Å². The van der Waals surface area contributed by atoms with E-state index in [9.17, 15) is 0 Å². The molecule has 3 atom stereocenters. The fraction of sp³-hybridized carbons (Fsp3) is 0.520. The van der Waals surface area contributed by atoms with Crippen LogP contribution in [0, 0.1) is 5.92 Å². The van der Waals surface area contributed by atoms with E-state index in [1.54, 1.807) is 0 Å². The Kier molecular flexibility index (Phi) is 6.92. The maximum absolute atomic E-state index is 6.46.